The van der Waals surface area contributed by atoms with Gasteiger partial charge in [-0.2, -0.15) is 11.8 Å². The molecule has 0 N–H and O–H groups in total. The molecule has 0 spiro atoms. The maximum atomic E-state index is 11.8. The zero-order valence-electron chi connectivity index (χ0n) is 11.3. The van der Waals surface area contributed by atoms with Crippen molar-refractivity contribution in [3.63, 3.8) is 0 Å². The van der Waals surface area contributed by atoms with Gasteiger partial charge in [-0.05, 0) is 12.8 Å². The Bertz CT molecular complexity index is 506. The third-order valence-corrected chi connectivity index (χ3v) is 7.23. The van der Waals surface area contributed by atoms with E-state index in [0.29, 0.717) is 22.2 Å². The number of carbonyl (C=O) groups is 1. The van der Waals surface area contributed by atoms with Crippen LogP contribution in [0.25, 0.3) is 0 Å². The van der Waals surface area contributed by atoms with E-state index in [1.165, 1.54) is 0 Å². The smallest absolute Gasteiger partial charge is 0.166 e. The molecule has 2 aliphatic rings. The maximum Gasteiger partial charge on any atom is 0.166 e. The maximum absolute atomic E-state index is 11.8. The molecule has 0 bridgehead atoms. The SMILES string of the molecule is CC1SCC(c2ncc3c(n2)CCCC3=O)SC1C. The summed E-state index contributed by atoms with van der Waals surface area (Å²) in [6, 6.07) is 0. The van der Waals surface area contributed by atoms with Crippen LogP contribution in [0.2, 0.25) is 0 Å². The normalized spacial score (nSPS) is 31.1. The molecule has 102 valence electrons. The molecule has 5 heteroatoms. The molecule has 3 unspecified atom stereocenters. The minimum Gasteiger partial charge on any atom is -0.294 e. The molecule has 2 heterocycles. The van der Waals surface area contributed by atoms with Gasteiger partial charge in [0, 0.05) is 28.9 Å². The number of fused-ring (bicyclic) bond motifs is 1. The van der Waals surface area contributed by atoms with Crippen LogP contribution >= 0.6 is 23.5 Å². The number of hydrogen-bond acceptors (Lipinski definition) is 5. The zero-order valence-corrected chi connectivity index (χ0v) is 12.9. The van der Waals surface area contributed by atoms with Crippen molar-refractivity contribution in [2.45, 2.75) is 48.9 Å². The molecule has 1 aromatic heterocycles. The van der Waals surface area contributed by atoms with Gasteiger partial charge in [-0.3, -0.25) is 4.79 Å². The van der Waals surface area contributed by atoms with E-state index in [1.54, 1.807) is 6.20 Å². The van der Waals surface area contributed by atoms with E-state index >= 15 is 0 Å². The van der Waals surface area contributed by atoms with E-state index in [0.717, 1.165) is 35.7 Å². The van der Waals surface area contributed by atoms with Gasteiger partial charge in [0.2, 0.25) is 0 Å². The third-order valence-electron chi connectivity index (χ3n) is 3.84. The van der Waals surface area contributed by atoms with Gasteiger partial charge in [-0.25, -0.2) is 9.97 Å². The third kappa shape index (κ3) is 2.68. The molecule has 1 saturated heterocycles. The lowest BCUT2D eigenvalue weighted by molar-refractivity contribution is 0.0971. The van der Waals surface area contributed by atoms with Crippen molar-refractivity contribution in [3.05, 3.63) is 23.3 Å². The molecule has 19 heavy (non-hydrogen) atoms. The summed E-state index contributed by atoms with van der Waals surface area (Å²) in [5.41, 5.74) is 1.73. The lowest BCUT2D eigenvalue weighted by Crippen LogP contribution is -2.24. The van der Waals surface area contributed by atoms with Crippen LogP contribution in [-0.2, 0) is 6.42 Å². The van der Waals surface area contributed by atoms with Gasteiger partial charge >= 0.3 is 0 Å². The molecule has 3 rings (SSSR count). The largest absolute Gasteiger partial charge is 0.294 e. The van der Waals surface area contributed by atoms with Gasteiger partial charge in [0.25, 0.3) is 0 Å². The second-order valence-corrected chi connectivity index (χ2v) is 8.23. The molecular formula is C14H18N2OS2. The molecule has 1 fully saturated rings. The van der Waals surface area contributed by atoms with Crippen LogP contribution in [0.5, 0.6) is 0 Å². The summed E-state index contributed by atoms with van der Waals surface area (Å²) < 4.78 is 0. The molecule has 0 aromatic carbocycles. The van der Waals surface area contributed by atoms with Crippen LogP contribution in [0.15, 0.2) is 6.20 Å². The van der Waals surface area contributed by atoms with Gasteiger partial charge in [-0.1, -0.05) is 13.8 Å². The summed E-state index contributed by atoms with van der Waals surface area (Å²) in [6.45, 7) is 4.56. The standard InChI is InChI=1S/C14H18N2OS2/c1-8-9(2)19-13(7-18-8)14-15-6-10-11(16-14)4-3-5-12(10)17/h6,8-9,13H,3-5,7H2,1-2H3. The minimum atomic E-state index is 0.209. The Morgan fingerprint density at radius 1 is 1.26 bits per heavy atom. The van der Waals surface area contributed by atoms with Gasteiger partial charge in [0.15, 0.2) is 5.78 Å². The molecular weight excluding hydrogens is 276 g/mol. The van der Waals surface area contributed by atoms with Crippen LogP contribution in [0.1, 0.15) is 53.8 Å². The van der Waals surface area contributed by atoms with E-state index < -0.39 is 0 Å². The highest BCUT2D eigenvalue weighted by molar-refractivity contribution is 8.07. The van der Waals surface area contributed by atoms with Gasteiger partial charge in [0.1, 0.15) is 5.82 Å². The topological polar surface area (TPSA) is 42.9 Å². The Hall–Kier alpha value is -0.550. The predicted molar refractivity (Wildman–Crippen MR) is 81.0 cm³/mol. The number of hydrogen-bond donors (Lipinski definition) is 0. The van der Waals surface area contributed by atoms with Crippen molar-refractivity contribution in [2.75, 3.05) is 5.75 Å². The van der Waals surface area contributed by atoms with Crippen LogP contribution in [0, 0.1) is 0 Å². The first-order chi connectivity index (χ1) is 9.15. The van der Waals surface area contributed by atoms with Crippen molar-refractivity contribution in [1.29, 1.82) is 0 Å². The van der Waals surface area contributed by atoms with Crippen molar-refractivity contribution < 1.29 is 4.79 Å². The average Bonchev–Trinajstić information content (AvgIpc) is 2.42. The molecule has 3 nitrogen and oxygen atoms in total. The van der Waals surface area contributed by atoms with Crippen LogP contribution in [0.4, 0.5) is 0 Å². The van der Waals surface area contributed by atoms with E-state index in [1.807, 2.05) is 23.5 Å². The number of aromatic nitrogens is 2. The van der Waals surface area contributed by atoms with Crippen molar-refractivity contribution >= 4 is 29.3 Å². The summed E-state index contributed by atoms with van der Waals surface area (Å²) in [5.74, 6) is 2.20. The molecule has 1 aliphatic carbocycles. The highest BCUT2D eigenvalue weighted by Gasteiger charge is 2.29. The molecule has 1 aromatic rings. The van der Waals surface area contributed by atoms with Gasteiger partial charge in [-0.15, -0.1) is 11.8 Å². The van der Waals surface area contributed by atoms with Crippen LogP contribution in [0.3, 0.4) is 0 Å². The number of aryl methyl sites for hydroxylation is 1. The zero-order chi connectivity index (χ0) is 13.4. The van der Waals surface area contributed by atoms with Crippen molar-refractivity contribution in [1.82, 2.24) is 9.97 Å². The Balaban J connectivity index is 1.84. The van der Waals surface area contributed by atoms with Gasteiger partial charge < -0.3 is 0 Å². The number of thioether (sulfide) groups is 2. The number of Topliss-reactive ketones (excluding diaryl/α,β-unsaturated/α-hetero) is 1. The second-order valence-electron chi connectivity index (χ2n) is 5.23. The molecule has 0 amide bonds. The molecule has 1 aliphatic heterocycles. The summed E-state index contributed by atoms with van der Waals surface area (Å²) >= 11 is 3.97. The highest BCUT2D eigenvalue weighted by Crippen LogP contribution is 2.43. The summed E-state index contributed by atoms with van der Waals surface area (Å²) in [5, 5.41) is 1.70. The highest BCUT2D eigenvalue weighted by atomic mass is 32.2. The fourth-order valence-electron chi connectivity index (χ4n) is 2.48. The van der Waals surface area contributed by atoms with Crippen molar-refractivity contribution in [3.8, 4) is 0 Å². The van der Waals surface area contributed by atoms with Crippen molar-refractivity contribution in [2.24, 2.45) is 0 Å². The predicted octanol–water partition coefficient (Wildman–Crippen LogP) is 3.29. The lowest BCUT2D eigenvalue weighted by Gasteiger charge is -2.30. The van der Waals surface area contributed by atoms with E-state index in [2.05, 4.69) is 23.8 Å². The van der Waals surface area contributed by atoms with Crippen LogP contribution in [-0.4, -0.2) is 32.0 Å². The Morgan fingerprint density at radius 2 is 2.11 bits per heavy atom. The molecule has 0 saturated carbocycles. The first kappa shape index (κ1) is 13.4. The number of carbonyl (C=O) groups excluding carboxylic acids is 1. The molecule has 3 atom stereocenters. The monoisotopic (exact) mass is 294 g/mol. The summed E-state index contributed by atoms with van der Waals surface area (Å²) in [6.07, 6.45) is 4.26. The lowest BCUT2D eigenvalue weighted by atomic mass is 9.96. The minimum absolute atomic E-state index is 0.209. The van der Waals surface area contributed by atoms with Gasteiger partial charge in [0.05, 0.1) is 16.5 Å². The first-order valence-electron chi connectivity index (χ1n) is 6.81. The van der Waals surface area contributed by atoms with E-state index in [4.69, 9.17) is 0 Å². The Labute approximate surface area is 122 Å². The van der Waals surface area contributed by atoms with E-state index in [9.17, 15) is 4.79 Å². The average molecular weight is 294 g/mol. The first-order valence-corrected chi connectivity index (χ1v) is 8.80. The van der Waals surface area contributed by atoms with Crippen LogP contribution < -0.4 is 0 Å². The summed E-state index contributed by atoms with van der Waals surface area (Å²) in [4.78, 5) is 20.9. The van der Waals surface area contributed by atoms with E-state index in [-0.39, 0.29) is 5.78 Å². The second kappa shape index (κ2) is 5.44. The fraction of sp³-hybridized carbons (Fsp3) is 0.643. The molecule has 0 radical (unpaired) electrons. The Kier molecular flexibility index (Phi) is 3.85. The number of rotatable bonds is 1. The number of nitrogens with zero attached hydrogens (tertiary/aromatic N) is 2. The summed E-state index contributed by atoms with van der Waals surface area (Å²) in [7, 11) is 0. The Morgan fingerprint density at radius 3 is 2.89 bits per heavy atom. The fourth-order valence-corrected chi connectivity index (χ4v) is 5.33. The quantitative estimate of drug-likeness (QED) is 0.795. The number of ketones is 1.